The van der Waals surface area contributed by atoms with E-state index in [2.05, 4.69) is 50.3 Å². The minimum Gasteiger partial charge on any atom is -0.368 e. The molecular weight excluding hydrogens is 264 g/mol. The molecule has 1 aromatic heterocycles. The van der Waals surface area contributed by atoms with Crippen molar-refractivity contribution in [2.75, 3.05) is 36.0 Å². The number of hydrogen-bond donors (Lipinski definition) is 1. The Morgan fingerprint density at radius 3 is 2.33 bits per heavy atom. The maximum Gasteiger partial charge on any atom is 0.207 e. The van der Waals surface area contributed by atoms with E-state index in [1.54, 1.807) is 11.3 Å². The third-order valence-corrected chi connectivity index (χ3v) is 4.25. The van der Waals surface area contributed by atoms with Gasteiger partial charge in [-0.2, -0.15) is 0 Å². The first-order chi connectivity index (χ1) is 8.83. The van der Waals surface area contributed by atoms with E-state index in [1.165, 1.54) is 5.69 Å². The smallest absolute Gasteiger partial charge is 0.207 e. The van der Waals surface area contributed by atoms with Crippen LogP contribution in [-0.2, 0) is 0 Å². The van der Waals surface area contributed by atoms with Crippen LogP contribution >= 0.6 is 23.6 Å². The van der Waals surface area contributed by atoms with Gasteiger partial charge in [0.05, 0.1) is 0 Å². The Bertz CT molecular complexity index is 555. The van der Waals surface area contributed by atoms with Gasteiger partial charge in [-0.15, -0.1) is 5.10 Å². The van der Waals surface area contributed by atoms with Gasteiger partial charge < -0.3 is 9.80 Å². The van der Waals surface area contributed by atoms with Gasteiger partial charge in [0.2, 0.25) is 5.13 Å². The maximum absolute atomic E-state index is 5.07. The monoisotopic (exact) mass is 278 g/mol. The van der Waals surface area contributed by atoms with E-state index < -0.39 is 0 Å². The molecule has 2 heterocycles. The minimum atomic E-state index is 0.746. The molecule has 6 heteroatoms. The Kier molecular flexibility index (Phi) is 3.29. The van der Waals surface area contributed by atoms with Crippen LogP contribution in [0.2, 0.25) is 0 Å². The van der Waals surface area contributed by atoms with E-state index in [-0.39, 0.29) is 0 Å². The normalized spacial score (nSPS) is 16.0. The van der Waals surface area contributed by atoms with Crippen molar-refractivity contribution < 1.29 is 0 Å². The van der Waals surface area contributed by atoms with Crippen molar-refractivity contribution in [1.82, 2.24) is 10.2 Å². The van der Waals surface area contributed by atoms with Crippen LogP contribution in [0.25, 0.3) is 0 Å². The molecule has 18 heavy (non-hydrogen) atoms. The van der Waals surface area contributed by atoms with Crippen molar-refractivity contribution in [3.63, 3.8) is 0 Å². The molecule has 2 aromatic rings. The predicted octanol–water partition coefficient (Wildman–Crippen LogP) is 2.53. The number of rotatable bonds is 2. The highest BCUT2D eigenvalue weighted by molar-refractivity contribution is 7.73. The van der Waals surface area contributed by atoms with Crippen LogP contribution in [0.4, 0.5) is 10.8 Å². The zero-order valence-corrected chi connectivity index (χ0v) is 11.5. The number of H-pyrrole nitrogens is 1. The first-order valence-electron chi connectivity index (χ1n) is 5.93. The number of aromatic amines is 1. The highest BCUT2D eigenvalue weighted by Gasteiger charge is 2.19. The minimum absolute atomic E-state index is 0.746. The van der Waals surface area contributed by atoms with Gasteiger partial charge in [-0.05, 0) is 24.4 Å². The van der Waals surface area contributed by atoms with Crippen molar-refractivity contribution in [2.24, 2.45) is 0 Å². The van der Waals surface area contributed by atoms with Crippen LogP contribution in [-0.4, -0.2) is 36.4 Å². The van der Waals surface area contributed by atoms with Gasteiger partial charge >= 0.3 is 0 Å². The van der Waals surface area contributed by atoms with Crippen molar-refractivity contribution in [3.8, 4) is 0 Å². The molecule has 94 valence electrons. The maximum atomic E-state index is 5.07. The number of nitrogens with zero attached hydrogens (tertiary/aromatic N) is 3. The van der Waals surface area contributed by atoms with Crippen LogP contribution in [0.5, 0.6) is 0 Å². The van der Waals surface area contributed by atoms with Gasteiger partial charge in [0.25, 0.3) is 0 Å². The second kappa shape index (κ2) is 5.07. The predicted molar refractivity (Wildman–Crippen MR) is 78.2 cm³/mol. The van der Waals surface area contributed by atoms with E-state index in [1.807, 2.05) is 0 Å². The van der Waals surface area contributed by atoms with E-state index in [0.29, 0.717) is 0 Å². The van der Waals surface area contributed by atoms with Crippen molar-refractivity contribution >= 4 is 34.4 Å². The van der Waals surface area contributed by atoms with Gasteiger partial charge in [0.1, 0.15) is 0 Å². The lowest BCUT2D eigenvalue weighted by atomic mass is 10.2. The molecule has 0 spiro atoms. The SMILES string of the molecule is S=c1[nH]nc(N2CCN(c3ccccc3)CC2)s1. The molecule has 1 aromatic carbocycles. The third kappa shape index (κ3) is 2.39. The molecule has 0 aliphatic carbocycles. The molecule has 3 rings (SSSR count). The summed E-state index contributed by atoms with van der Waals surface area (Å²) in [7, 11) is 0. The van der Waals surface area contributed by atoms with E-state index in [9.17, 15) is 0 Å². The number of para-hydroxylation sites is 1. The number of hydrogen-bond acceptors (Lipinski definition) is 5. The molecule has 0 radical (unpaired) electrons. The molecule has 1 fully saturated rings. The highest BCUT2D eigenvalue weighted by atomic mass is 32.1. The number of nitrogens with one attached hydrogen (secondary N) is 1. The van der Waals surface area contributed by atoms with Crippen LogP contribution in [0.15, 0.2) is 30.3 Å². The molecule has 1 aliphatic heterocycles. The Morgan fingerprint density at radius 1 is 1.06 bits per heavy atom. The number of anilines is 2. The van der Waals surface area contributed by atoms with Crippen LogP contribution < -0.4 is 9.80 Å². The van der Waals surface area contributed by atoms with Crippen molar-refractivity contribution in [2.45, 2.75) is 0 Å². The molecule has 4 nitrogen and oxygen atoms in total. The fourth-order valence-electron chi connectivity index (χ4n) is 2.15. The summed E-state index contributed by atoms with van der Waals surface area (Å²) in [5.41, 5.74) is 1.30. The number of aromatic nitrogens is 2. The average molecular weight is 278 g/mol. The summed E-state index contributed by atoms with van der Waals surface area (Å²) in [5.74, 6) is 0. The summed E-state index contributed by atoms with van der Waals surface area (Å²) < 4.78 is 0.746. The molecule has 0 atom stereocenters. The molecule has 1 saturated heterocycles. The first-order valence-corrected chi connectivity index (χ1v) is 7.16. The summed E-state index contributed by atoms with van der Waals surface area (Å²) in [6, 6.07) is 10.5. The lowest BCUT2D eigenvalue weighted by Crippen LogP contribution is -2.46. The molecular formula is C12H14N4S2. The second-order valence-corrected chi connectivity index (χ2v) is 5.85. The molecule has 0 amide bonds. The zero-order chi connectivity index (χ0) is 12.4. The summed E-state index contributed by atoms with van der Waals surface area (Å²) in [4.78, 5) is 4.69. The summed E-state index contributed by atoms with van der Waals surface area (Å²) in [6.07, 6.45) is 0. The highest BCUT2D eigenvalue weighted by Crippen LogP contribution is 2.21. The Balaban J connectivity index is 1.66. The van der Waals surface area contributed by atoms with Crippen molar-refractivity contribution in [1.29, 1.82) is 0 Å². The van der Waals surface area contributed by atoms with Gasteiger partial charge in [0.15, 0.2) is 3.95 Å². The fourth-order valence-corrected chi connectivity index (χ4v) is 3.08. The fraction of sp³-hybridized carbons (Fsp3) is 0.333. The van der Waals surface area contributed by atoms with Gasteiger partial charge in [-0.1, -0.05) is 29.5 Å². The molecule has 0 saturated carbocycles. The standard InChI is InChI=1S/C12H14N4S2/c17-12-14-13-11(18-12)16-8-6-15(7-9-16)10-4-2-1-3-5-10/h1-5H,6-9H2,(H,14,17). The van der Waals surface area contributed by atoms with Crippen molar-refractivity contribution in [3.05, 3.63) is 34.3 Å². The zero-order valence-electron chi connectivity index (χ0n) is 9.87. The van der Waals surface area contributed by atoms with Gasteiger partial charge in [-0.25, -0.2) is 0 Å². The lowest BCUT2D eigenvalue weighted by Gasteiger charge is -2.35. The van der Waals surface area contributed by atoms with Gasteiger partial charge in [0, 0.05) is 31.9 Å². The van der Waals surface area contributed by atoms with E-state index >= 15 is 0 Å². The Labute approximate surface area is 115 Å². The first kappa shape index (κ1) is 11.7. The topological polar surface area (TPSA) is 35.2 Å². The quantitative estimate of drug-likeness (QED) is 0.856. The van der Waals surface area contributed by atoms with Crippen LogP contribution in [0.1, 0.15) is 0 Å². The lowest BCUT2D eigenvalue weighted by molar-refractivity contribution is 0.649. The molecule has 0 bridgehead atoms. The second-order valence-electron chi connectivity index (χ2n) is 4.21. The van der Waals surface area contributed by atoms with E-state index in [4.69, 9.17) is 12.2 Å². The number of benzene rings is 1. The largest absolute Gasteiger partial charge is 0.368 e. The molecule has 1 N–H and O–H groups in total. The summed E-state index contributed by atoms with van der Waals surface area (Å²) in [6.45, 7) is 4.03. The summed E-state index contributed by atoms with van der Waals surface area (Å²) in [5, 5.41) is 8.08. The van der Waals surface area contributed by atoms with Gasteiger partial charge in [-0.3, -0.25) is 5.10 Å². The van der Waals surface area contributed by atoms with Crippen LogP contribution in [0.3, 0.4) is 0 Å². The van der Waals surface area contributed by atoms with E-state index in [0.717, 1.165) is 35.3 Å². The molecule has 0 unspecified atom stereocenters. The molecule has 1 aliphatic rings. The Morgan fingerprint density at radius 2 is 1.72 bits per heavy atom. The van der Waals surface area contributed by atoms with Crippen LogP contribution in [0, 0.1) is 3.95 Å². The Hall–Kier alpha value is -1.40. The average Bonchev–Trinajstić information content (AvgIpc) is 2.87. The third-order valence-electron chi connectivity index (χ3n) is 3.10. The number of piperazine rings is 1. The summed E-state index contributed by atoms with van der Waals surface area (Å²) >= 11 is 6.61.